The fraction of sp³-hybridized carbons (Fsp3) is 0.100. The summed E-state index contributed by atoms with van der Waals surface area (Å²) in [6.07, 6.45) is 0. The van der Waals surface area contributed by atoms with Gasteiger partial charge in [0.1, 0.15) is 5.15 Å². The first-order valence-electron chi connectivity index (χ1n) is 4.15. The first-order valence-corrected chi connectivity index (χ1v) is 4.91. The predicted molar refractivity (Wildman–Crippen MR) is 58.3 cm³/mol. The van der Waals surface area contributed by atoms with E-state index in [0.717, 1.165) is 11.4 Å². The zero-order valence-electron chi connectivity index (χ0n) is 7.54. The van der Waals surface area contributed by atoms with Crippen LogP contribution in [0.2, 0.25) is 10.2 Å². The lowest BCUT2D eigenvalue weighted by Gasteiger charge is -2.04. The number of rotatable bonds is 1. The van der Waals surface area contributed by atoms with Crippen LogP contribution in [0.1, 0.15) is 5.69 Å². The number of aromatic nitrogens is 2. The highest BCUT2D eigenvalue weighted by Crippen LogP contribution is 2.23. The van der Waals surface area contributed by atoms with E-state index in [2.05, 4.69) is 5.10 Å². The summed E-state index contributed by atoms with van der Waals surface area (Å²) in [7, 11) is 0. The molecule has 1 aromatic carbocycles. The van der Waals surface area contributed by atoms with Crippen LogP contribution in [-0.4, -0.2) is 9.78 Å². The molecule has 0 spiro atoms. The van der Waals surface area contributed by atoms with Crippen molar-refractivity contribution in [2.45, 2.75) is 6.92 Å². The van der Waals surface area contributed by atoms with E-state index in [1.165, 1.54) is 0 Å². The van der Waals surface area contributed by atoms with Crippen molar-refractivity contribution < 1.29 is 0 Å². The second-order valence-electron chi connectivity index (χ2n) is 2.97. The van der Waals surface area contributed by atoms with Gasteiger partial charge in [0.2, 0.25) is 0 Å². The molecule has 0 N–H and O–H groups in total. The smallest absolute Gasteiger partial charge is 0.133 e. The Balaban J connectivity index is 2.60. The normalized spacial score (nSPS) is 10.5. The molecule has 1 aromatic heterocycles. The van der Waals surface area contributed by atoms with Crippen molar-refractivity contribution in [3.63, 3.8) is 0 Å². The van der Waals surface area contributed by atoms with E-state index in [4.69, 9.17) is 23.2 Å². The minimum absolute atomic E-state index is 0.565. The van der Waals surface area contributed by atoms with Crippen LogP contribution in [0.3, 0.4) is 0 Å². The van der Waals surface area contributed by atoms with Crippen LogP contribution in [0, 0.1) is 6.92 Å². The van der Waals surface area contributed by atoms with E-state index in [0.29, 0.717) is 10.2 Å². The third kappa shape index (κ3) is 1.63. The van der Waals surface area contributed by atoms with Crippen LogP contribution in [0.25, 0.3) is 5.69 Å². The maximum Gasteiger partial charge on any atom is 0.133 e. The third-order valence-electron chi connectivity index (χ3n) is 1.87. The number of hydrogen-bond acceptors (Lipinski definition) is 1. The third-order valence-corrected chi connectivity index (χ3v) is 2.46. The van der Waals surface area contributed by atoms with Gasteiger partial charge in [-0.2, -0.15) is 5.10 Å². The fourth-order valence-electron chi connectivity index (χ4n) is 1.26. The molecule has 2 nitrogen and oxygen atoms in total. The van der Waals surface area contributed by atoms with Crippen molar-refractivity contribution in [2.75, 3.05) is 0 Å². The monoisotopic (exact) mass is 226 g/mol. The molecule has 0 aliphatic carbocycles. The van der Waals surface area contributed by atoms with Gasteiger partial charge in [-0.15, -0.1) is 0 Å². The van der Waals surface area contributed by atoms with Gasteiger partial charge >= 0.3 is 0 Å². The fourth-order valence-corrected chi connectivity index (χ4v) is 1.76. The Labute approximate surface area is 92.1 Å². The zero-order valence-corrected chi connectivity index (χ0v) is 9.05. The summed E-state index contributed by atoms with van der Waals surface area (Å²) in [4.78, 5) is 0. The summed E-state index contributed by atoms with van der Waals surface area (Å²) in [5.74, 6) is 0. The quantitative estimate of drug-likeness (QED) is 0.729. The van der Waals surface area contributed by atoms with Crippen LogP contribution in [0.5, 0.6) is 0 Å². The van der Waals surface area contributed by atoms with Crippen LogP contribution in [0.4, 0.5) is 0 Å². The number of benzene rings is 1. The number of nitrogens with zero attached hydrogens (tertiary/aromatic N) is 2. The van der Waals surface area contributed by atoms with Gasteiger partial charge < -0.3 is 0 Å². The van der Waals surface area contributed by atoms with Gasteiger partial charge in [0.25, 0.3) is 0 Å². The van der Waals surface area contributed by atoms with E-state index >= 15 is 0 Å². The second-order valence-corrected chi connectivity index (χ2v) is 3.77. The molecule has 14 heavy (non-hydrogen) atoms. The molecule has 0 aliphatic rings. The summed E-state index contributed by atoms with van der Waals surface area (Å²) in [5.41, 5.74) is 1.67. The van der Waals surface area contributed by atoms with Crippen LogP contribution < -0.4 is 0 Å². The highest BCUT2D eigenvalue weighted by molar-refractivity contribution is 6.33. The molecule has 72 valence electrons. The maximum absolute atomic E-state index is 6.02. The van der Waals surface area contributed by atoms with Crippen molar-refractivity contribution >= 4 is 23.2 Å². The van der Waals surface area contributed by atoms with Crippen molar-refractivity contribution in [1.29, 1.82) is 0 Å². The SMILES string of the molecule is Cc1cc(Cl)n(-c2ccccc2Cl)n1. The maximum atomic E-state index is 6.02. The lowest BCUT2D eigenvalue weighted by molar-refractivity contribution is 0.863. The average Bonchev–Trinajstić information content (AvgIpc) is 2.46. The molecule has 0 aliphatic heterocycles. The molecule has 4 heteroatoms. The molecule has 0 atom stereocenters. The Morgan fingerprint density at radius 2 is 1.93 bits per heavy atom. The summed E-state index contributed by atoms with van der Waals surface area (Å²) >= 11 is 12.0. The molecule has 2 rings (SSSR count). The molecule has 0 unspecified atom stereocenters. The summed E-state index contributed by atoms with van der Waals surface area (Å²) in [6, 6.07) is 9.25. The molecular weight excluding hydrogens is 219 g/mol. The lowest BCUT2D eigenvalue weighted by atomic mass is 10.3. The van der Waals surface area contributed by atoms with E-state index in [-0.39, 0.29) is 0 Å². The minimum atomic E-state index is 0.565. The topological polar surface area (TPSA) is 17.8 Å². The van der Waals surface area contributed by atoms with Gasteiger partial charge in [0.15, 0.2) is 0 Å². The van der Waals surface area contributed by atoms with Gasteiger partial charge in [-0.1, -0.05) is 35.3 Å². The molecule has 0 radical (unpaired) electrons. The Morgan fingerprint density at radius 3 is 2.50 bits per heavy atom. The van der Waals surface area contributed by atoms with Crippen molar-refractivity contribution in [1.82, 2.24) is 9.78 Å². The van der Waals surface area contributed by atoms with E-state index in [9.17, 15) is 0 Å². The van der Waals surface area contributed by atoms with Gasteiger partial charge in [0.05, 0.1) is 16.4 Å². The van der Waals surface area contributed by atoms with E-state index in [1.54, 1.807) is 10.7 Å². The molecule has 2 aromatic rings. The Kier molecular flexibility index (Phi) is 2.48. The van der Waals surface area contributed by atoms with Gasteiger partial charge in [0, 0.05) is 0 Å². The van der Waals surface area contributed by atoms with E-state index < -0.39 is 0 Å². The molecule has 0 bridgehead atoms. The Hall–Kier alpha value is -0.990. The van der Waals surface area contributed by atoms with Crippen LogP contribution >= 0.6 is 23.2 Å². The number of aryl methyl sites for hydroxylation is 1. The Morgan fingerprint density at radius 1 is 1.21 bits per heavy atom. The number of hydrogen-bond donors (Lipinski definition) is 0. The summed E-state index contributed by atoms with van der Waals surface area (Å²) in [6.45, 7) is 1.89. The summed E-state index contributed by atoms with van der Waals surface area (Å²) in [5, 5.41) is 5.44. The highest BCUT2D eigenvalue weighted by Gasteiger charge is 2.07. The van der Waals surface area contributed by atoms with Crippen LogP contribution in [-0.2, 0) is 0 Å². The molecule has 1 heterocycles. The van der Waals surface area contributed by atoms with Crippen molar-refractivity contribution in [3.05, 3.63) is 46.2 Å². The largest absolute Gasteiger partial charge is 0.220 e. The Bertz CT molecular complexity index is 463. The van der Waals surface area contributed by atoms with Crippen LogP contribution in [0.15, 0.2) is 30.3 Å². The van der Waals surface area contributed by atoms with Crippen molar-refractivity contribution in [3.8, 4) is 5.69 Å². The zero-order chi connectivity index (χ0) is 10.1. The molecule has 0 amide bonds. The van der Waals surface area contributed by atoms with E-state index in [1.807, 2.05) is 31.2 Å². The van der Waals surface area contributed by atoms with Gasteiger partial charge in [-0.3, -0.25) is 0 Å². The molecular formula is C10H8Cl2N2. The second kappa shape index (κ2) is 3.64. The number of para-hydroxylation sites is 1. The predicted octanol–water partition coefficient (Wildman–Crippen LogP) is 3.49. The number of halogens is 2. The summed E-state index contributed by atoms with van der Waals surface area (Å²) < 4.78 is 1.62. The molecule has 0 saturated heterocycles. The average molecular weight is 227 g/mol. The minimum Gasteiger partial charge on any atom is -0.220 e. The molecule has 0 saturated carbocycles. The highest BCUT2D eigenvalue weighted by atomic mass is 35.5. The van der Waals surface area contributed by atoms with Gasteiger partial charge in [-0.25, -0.2) is 4.68 Å². The standard InChI is InChI=1S/C10H8Cl2N2/c1-7-6-10(12)14(13-7)9-5-3-2-4-8(9)11/h2-6H,1H3. The van der Waals surface area contributed by atoms with Crippen molar-refractivity contribution in [2.24, 2.45) is 0 Å². The first-order chi connectivity index (χ1) is 6.68. The lowest BCUT2D eigenvalue weighted by Crippen LogP contribution is -1.97. The van der Waals surface area contributed by atoms with Gasteiger partial charge in [-0.05, 0) is 25.1 Å². The first kappa shape index (κ1) is 9.56. The molecule has 0 fully saturated rings.